The van der Waals surface area contributed by atoms with Crippen LogP contribution in [0.25, 0.3) is 0 Å². The van der Waals surface area contributed by atoms with E-state index in [0.29, 0.717) is 12.4 Å². The number of aromatic nitrogens is 2. The number of anilines is 2. The van der Waals surface area contributed by atoms with Crippen LogP contribution in [0.5, 0.6) is 0 Å². The molecule has 3 rings (SSSR count). The number of hydrogen-bond acceptors (Lipinski definition) is 8. The third-order valence-corrected chi connectivity index (χ3v) is 4.42. The van der Waals surface area contributed by atoms with Gasteiger partial charge in [-0.05, 0) is 12.8 Å². The number of nitrogens with zero attached hydrogens (tertiary/aromatic N) is 3. The number of aliphatic hydroxyl groups excluding tert-OH is 2. The number of aliphatic hydroxyl groups is 2. The number of hydrogen-bond donors (Lipinski definition) is 4. The first-order chi connectivity index (χ1) is 12.1. The van der Waals surface area contributed by atoms with Gasteiger partial charge in [-0.2, -0.15) is 4.98 Å². The summed E-state index contributed by atoms with van der Waals surface area (Å²) >= 11 is 0. The molecule has 25 heavy (non-hydrogen) atoms. The van der Waals surface area contributed by atoms with E-state index >= 15 is 0 Å². The Morgan fingerprint density at radius 3 is 2.20 bits per heavy atom. The smallest absolute Gasteiger partial charge is 0.329 e. The zero-order valence-corrected chi connectivity index (χ0v) is 13.6. The summed E-state index contributed by atoms with van der Waals surface area (Å²) < 4.78 is 0. The Kier molecular flexibility index (Phi) is 5.25. The Morgan fingerprint density at radius 1 is 1.08 bits per heavy atom. The quantitative estimate of drug-likeness (QED) is 0.327. The van der Waals surface area contributed by atoms with E-state index in [1.807, 2.05) is 24.3 Å². The van der Waals surface area contributed by atoms with Gasteiger partial charge in [-0.1, -0.05) is 24.3 Å². The van der Waals surface area contributed by atoms with Crippen molar-refractivity contribution in [3.63, 3.8) is 0 Å². The SMILES string of the molecule is O=[N+]([O-])c1cnc(N[C@@H]2C=C[C@H](CO)C2)nc1N[C@@H]1C=C[C@H](CO)C1. The minimum atomic E-state index is -0.522. The fourth-order valence-corrected chi connectivity index (χ4v) is 3.06. The lowest BCUT2D eigenvalue weighted by Crippen LogP contribution is -2.21. The van der Waals surface area contributed by atoms with Crippen molar-refractivity contribution in [1.29, 1.82) is 0 Å². The third kappa shape index (κ3) is 4.12. The second-order valence-corrected chi connectivity index (χ2v) is 6.31. The molecular weight excluding hydrogens is 326 g/mol. The number of nitrogens with one attached hydrogen (secondary N) is 2. The summed E-state index contributed by atoms with van der Waals surface area (Å²) in [4.78, 5) is 19.0. The second kappa shape index (κ2) is 7.58. The van der Waals surface area contributed by atoms with E-state index < -0.39 is 4.92 Å². The summed E-state index contributed by atoms with van der Waals surface area (Å²) in [6, 6.07) is -0.139. The van der Waals surface area contributed by atoms with Crippen molar-refractivity contribution in [2.45, 2.75) is 24.9 Å². The van der Waals surface area contributed by atoms with Crippen LogP contribution in [0.4, 0.5) is 17.5 Å². The highest BCUT2D eigenvalue weighted by Gasteiger charge is 2.25. The van der Waals surface area contributed by atoms with Gasteiger partial charge in [-0.25, -0.2) is 4.98 Å². The predicted octanol–water partition coefficient (Wildman–Crippen LogP) is 1.08. The van der Waals surface area contributed by atoms with Gasteiger partial charge < -0.3 is 20.8 Å². The van der Waals surface area contributed by atoms with Crippen molar-refractivity contribution in [2.24, 2.45) is 11.8 Å². The van der Waals surface area contributed by atoms with Gasteiger partial charge in [0.15, 0.2) is 0 Å². The molecule has 9 heteroatoms. The molecule has 0 saturated heterocycles. The van der Waals surface area contributed by atoms with Gasteiger partial charge >= 0.3 is 5.69 Å². The predicted molar refractivity (Wildman–Crippen MR) is 92.2 cm³/mol. The monoisotopic (exact) mass is 347 g/mol. The van der Waals surface area contributed by atoms with Gasteiger partial charge in [0.05, 0.1) is 4.92 Å². The molecule has 0 bridgehead atoms. The van der Waals surface area contributed by atoms with Crippen LogP contribution >= 0.6 is 0 Å². The summed E-state index contributed by atoms with van der Waals surface area (Å²) in [7, 11) is 0. The van der Waals surface area contributed by atoms with Crippen LogP contribution in [0.2, 0.25) is 0 Å². The van der Waals surface area contributed by atoms with Crippen molar-refractivity contribution in [3.05, 3.63) is 40.6 Å². The lowest BCUT2D eigenvalue weighted by molar-refractivity contribution is -0.384. The van der Waals surface area contributed by atoms with Crippen molar-refractivity contribution >= 4 is 17.5 Å². The van der Waals surface area contributed by atoms with E-state index in [1.54, 1.807) is 0 Å². The van der Waals surface area contributed by atoms with E-state index in [2.05, 4.69) is 20.6 Å². The molecule has 0 radical (unpaired) electrons. The first-order valence-corrected chi connectivity index (χ1v) is 8.22. The largest absolute Gasteiger partial charge is 0.396 e. The minimum Gasteiger partial charge on any atom is -0.396 e. The Morgan fingerprint density at radius 2 is 1.68 bits per heavy atom. The van der Waals surface area contributed by atoms with E-state index in [-0.39, 0.29) is 48.6 Å². The van der Waals surface area contributed by atoms with Crippen LogP contribution in [-0.2, 0) is 0 Å². The van der Waals surface area contributed by atoms with E-state index in [1.165, 1.54) is 6.20 Å². The summed E-state index contributed by atoms with van der Waals surface area (Å²) in [5.74, 6) is 0.598. The van der Waals surface area contributed by atoms with Gasteiger partial charge in [0, 0.05) is 37.1 Å². The molecule has 0 spiro atoms. The minimum absolute atomic E-state index is 0.0170. The lowest BCUT2D eigenvalue weighted by atomic mass is 10.1. The van der Waals surface area contributed by atoms with Crippen molar-refractivity contribution in [2.75, 3.05) is 23.8 Å². The van der Waals surface area contributed by atoms with E-state index in [0.717, 1.165) is 6.42 Å². The topological polar surface area (TPSA) is 133 Å². The zero-order chi connectivity index (χ0) is 17.8. The van der Waals surface area contributed by atoms with Crippen LogP contribution in [0.15, 0.2) is 30.5 Å². The molecule has 2 aliphatic carbocycles. The second-order valence-electron chi connectivity index (χ2n) is 6.31. The Balaban J connectivity index is 1.72. The number of nitro groups is 1. The summed E-state index contributed by atoms with van der Waals surface area (Å²) in [6.45, 7) is 0.135. The Bertz CT molecular complexity index is 693. The highest BCUT2D eigenvalue weighted by atomic mass is 16.6. The van der Waals surface area contributed by atoms with Gasteiger partial charge in [0.25, 0.3) is 0 Å². The molecule has 0 saturated carbocycles. The molecular formula is C16H21N5O4. The summed E-state index contributed by atoms with van der Waals surface area (Å²) in [5.41, 5.74) is -0.193. The van der Waals surface area contributed by atoms with Gasteiger partial charge in [0.2, 0.25) is 11.8 Å². The average molecular weight is 347 g/mol. The Labute approximate surface area is 144 Å². The lowest BCUT2D eigenvalue weighted by Gasteiger charge is -2.16. The van der Waals surface area contributed by atoms with Crippen molar-refractivity contribution in [3.8, 4) is 0 Å². The van der Waals surface area contributed by atoms with E-state index in [4.69, 9.17) is 0 Å². The summed E-state index contributed by atoms with van der Waals surface area (Å²) in [6.07, 6.45) is 10.2. The van der Waals surface area contributed by atoms with Crippen LogP contribution in [-0.4, -0.2) is 50.4 Å². The maximum atomic E-state index is 11.2. The molecule has 0 aromatic carbocycles. The molecule has 0 unspecified atom stereocenters. The molecule has 1 aromatic heterocycles. The standard InChI is InChI=1S/C16H21N5O4/c22-8-10-1-3-12(5-10)18-15-14(21(24)25)7-17-16(20-15)19-13-4-2-11(6-13)9-23/h1-4,7,10-13,22-23H,5-6,8-9H2,(H2,17,18,19,20)/t10-,11-,12+,13+/m0/s1. The van der Waals surface area contributed by atoms with E-state index in [9.17, 15) is 20.3 Å². The number of rotatable bonds is 7. The highest BCUT2D eigenvalue weighted by Crippen LogP contribution is 2.27. The van der Waals surface area contributed by atoms with Gasteiger partial charge in [-0.3, -0.25) is 10.1 Å². The fraction of sp³-hybridized carbons (Fsp3) is 0.500. The summed E-state index contributed by atoms with van der Waals surface area (Å²) in [5, 5.41) is 35.8. The first kappa shape index (κ1) is 17.3. The molecule has 9 nitrogen and oxygen atoms in total. The van der Waals surface area contributed by atoms with Crippen LogP contribution in [0.1, 0.15) is 12.8 Å². The van der Waals surface area contributed by atoms with Gasteiger partial charge in [0.1, 0.15) is 6.20 Å². The fourth-order valence-electron chi connectivity index (χ4n) is 3.06. The molecule has 1 aromatic rings. The highest BCUT2D eigenvalue weighted by molar-refractivity contribution is 5.58. The molecule has 0 aliphatic heterocycles. The van der Waals surface area contributed by atoms with Gasteiger partial charge in [-0.15, -0.1) is 0 Å². The molecule has 134 valence electrons. The molecule has 4 atom stereocenters. The average Bonchev–Trinajstić information content (AvgIpc) is 3.24. The van der Waals surface area contributed by atoms with Crippen molar-refractivity contribution in [1.82, 2.24) is 9.97 Å². The third-order valence-electron chi connectivity index (χ3n) is 4.42. The normalized spacial score (nSPS) is 27.6. The zero-order valence-electron chi connectivity index (χ0n) is 13.6. The molecule has 0 fully saturated rings. The first-order valence-electron chi connectivity index (χ1n) is 8.22. The molecule has 0 amide bonds. The Hall–Kier alpha value is -2.52. The van der Waals surface area contributed by atoms with Crippen LogP contribution in [0, 0.1) is 22.0 Å². The van der Waals surface area contributed by atoms with Crippen molar-refractivity contribution < 1.29 is 15.1 Å². The van der Waals surface area contributed by atoms with Crippen LogP contribution < -0.4 is 10.6 Å². The van der Waals surface area contributed by atoms with Crippen LogP contribution in [0.3, 0.4) is 0 Å². The maximum Gasteiger partial charge on any atom is 0.329 e. The maximum absolute atomic E-state index is 11.2. The molecule has 1 heterocycles. The molecule has 4 N–H and O–H groups in total. The molecule has 2 aliphatic rings.